The van der Waals surface area contributed by atoms with Gasteiger partial charge in [0.2, 0.25) is 0 Å². The molecule has 4 nitrogen and oxygen atoms in total. The number of aliphatic hydroxyl groups excluding tert-OH is 2. The molecule has 130 valence electrons. The number of anilines is 1. The van der Waals surface area contributed by atoms with Crippen molar-refractivity contribution in [2.24, 2.45) is 0 Å². The van der Waals surface area contributed by atoms with Crippen LogP contribution in [0.2, 0.25) is 0 Å². The van der Waals surface area contributed by atoms with Gasteiger partial charge in [0.15, 0.2) is 0 Å². The molecule has 1 saturated heterocycles. The number of piperidine rings is 1. The lowest BCUT2D eigenvalue weighted by atomic mass is 10.0. The second-order valence-electron chi connectivity index (χ2n) is 6.44. The quantitative estimate of drug-likeness (QED) is 0.713. The van der Waals surface area contributed by atoms with Gasteiger partial charge in [0.05, 0.1) is 12.7 Å². The number of hydrogen-bond acceptors (Lipinski definition) is 5. The molecule has 2 rings (SSSR count). The van der Waals surface area contributed by atoms with Crippen molar-refractivity contribution in [3.05, 3.63) is 29.8 Å². The molecule has 3 unspecified atom stereocenters. The monoisotopic (exact) mass is 338 g/mol. The van der Waals surface area contributed by atoms with Crippen LogP contribution < -0.4 is 10.2 Å². The average molecular weight is 339 g/mol. The Hall–Kier alpha value is -0.750. The summed E-state index contributed by atoms with van der Waals surface area (Å²) in [7, 11) is 0. The molecule has 0 aromatic heterocycles. The van der Waals surface area contributed by atoms with Crippen molar-refractivity contribution in [3.8, 4) is 0 Å². The Morgan fingerprint density at radius 3 is 2.35 bits per heavy atom. The van der Waals surface area contributed by atoms with Crippen LogP contribution in [0.3, 0.4) is 0 Å². The van der Waals surface area contributed by atoms with Crippen molar-refractivity contribution in [1.29, 1.82) is 0 Å². The van der Waals surface area contributed by atoms with E-state index in [2.05, 4.69) is 48.3 Å². The first-order valence-electron chi connectivity index (χ1n) is 8.47. The fraction of sp³-hybridized carbons (Fsp3) is 0.667. The first-order chi connectivity index (χ1) is 11.0. The predicted molar refractivity (Wildman–Crippen MR) is 99.3 cm³/mol. The molecule has 0 saturated carbocycles. The van der Waals surface area contributed by atoms with Crippen LogP contribution in [0.5, 0.6) is 0 Å². The third kappa shape index (κ3) is 5.11. The third-order valence-corrected chi connectivity index (χ3v) is 5.94. The van der Waals surface area contributed by atoms with Gasteiger partial charge in [-0.15, -0.1) is 0 Å². The molecule has 1 heterocycles. The first-order valence-corrected chi connectivity index (χ1v) is 9.76. The molecule has 0 bridgehead atoms. The minimum Gasteiger partial charge on any atom is -0.395 e. The summed E-state index contributed by atoms with van der Waals surface area (Å²) in [4.78, 5) is 2.34. The van der Waals surface area contributed by atoms with Gasteiger partial charge in [0.25, 0.3) is 0 Å². The molecule has 3 N–H and O–H groups in total. The number of hydrogen-bond donors (Lipinski definition) is 3. The summed E-state index contributed by atoms with van der Waals surface area (Å²) in [5.74, 6) is 0. The van der Waals surface area contributed by atoms with Gasteiger partial charge < -0.3 is 20.4 Å². The molecule has 0 radical (unpaired) electrons. The standard InChI is InChI=1S/C18H30N2O2S/c1-13(19-14(2)18(12-21)23-3)15-4-6-16(7-5-15)20-10-8-17(22)9-11-20/h4-7,13-14,17-19,21-22H,8-12H2,1-3H3. The number of rotatable bonds is 7. The number of nitrogens with one attached hydrogen (secondary N) is 1. The Balaban J connectivity index is 1.93. The van der Waals surface area contributed by atoms with Gasteiger partial charge in [-0.05, 0) is 50.6 Å². The summed E-state index contributed by atoms with van der Waals surface area (Å²) >= 11 is 1.70. The molecule has 0 spiro atoms. The minimum absolute atomic E-state index is 0.132. The SMILES string of the molecule is CSC(CO)C(C)NC(C)c1ccc(N2CCC(O)CC2)cc1. The Bertz CT molecular complexity index is 457. The third-order valence-electron chi connectivity index (χ3n) is 4.78. The van der Waals surface area contributed by atoms with Crippen LogP contribution >= 0.6 is 11.8 Å². The van der Waals surface area contributed by atoms with Crippen LogP contribution in [0, 0.1) is 0 Å². The minimum atomic E-state index is -0.132. The highest BCUT2D eigenvalue weighted by Crippen LogP contribution is 2.23. The molecule has 0 amide bonds. The van der Waals surface area contributed by atoms with E-state index in [4.69, 9.17) is 0 Å². The van der Waals surface area contributed by atoms with Crippen molar-refractivity contribution in [2.75, 3.05) is 30.9 Å². The van der Waals surface area contributed by atoms with Crippen molar-refractivity contribution in [2.45, 2.75) is 50.1 Å². The highest BCUT2D eigenvalue weighted by molar-refractivity contribution is 7.99. The molecule has 1 aliphatic rings. The second-order valence-corrected chi connectivity index (χ2v) is 7.52. The lowest BCUT2D eigenvalue weighted by Crippen LogP contribution is -2.39. The van der Waals surface area contributed by atoms with E-state index in [1.807, 2.05) is 6.26 Å². The second kappa shape index (κ2) is 8.92. The maximum Gasteiger partial charge on any atom is 0.0574 e. The molecule has 1 aromatic rings. The van der Waals surface area contributed by atoms with Crippen molar-refractivity contribution < 1.29 is 10.2 Å². The Kier molecular flexibility index (Phi) is 7.21. The highest BCUT2D eigenvalue weighted by atomic mass is 32.2. The number of benzene rings is 1. The molecule has 1 aliphatic heterocycles. The van der Waals surface area contributed by atoms with Crippen molar-refractivity contribution in [3.63, 3.8) is 0 Å². The summed E-state index contributed by atoms with van der Waals surface area (Å²) in [6.07, 6.45) is 3.61. The molecule has 23 heavy (non-hydrogen) atoms. The van der Waals surface area contributed by atoms with Crippen molar-refractivity contribution in [1.82, 2.24) is 5.32 Å². The van der Waals surface area contributed by atoms with E-state index in [0.29, 0.717) is 0 Å². The van der Waals surface area contributed by atoms with Crippen LogP contribution in [0.15, 0.2) is 24.3 Å². The average Bonchev–Trinajstić information content (AvgIpc) is 2.57. The van der Waals surface area contributed by atoms with Crippen LogP contribution in [0.25, 0.3) is 0 Å². The van der Waals surface area contributed by atoms with Gasteiger partial charge in [-0.2, -0.15) is 11.8 Å². The van der Waals surface area contributed by atoms with E-state index in [-0.39, 0.29) is 30.0 Å². The Labute approximate surface area is 144 Å². The fourth-order valence-corrected chi connectivity index (χ4v) is 3.77. The van der Waals surface area contributed by atoms with E-state index in [1.54, 1.807) is 11.8 Å². The van der Waals surface area contributed by atoms with Crippen LogP contribution in [-0.4, -0.2) is 53.6 Å². The molecule has 3 atom stereocenters. The van der Waals surface area contributed by atoms with Gasteiger partial charge in [0, 0.05) is 36.1 Å². The van der Waals surface area contributed by atoms with E-state index in [9.17, 15) is 10.2 Å². The van der Waals surface area contributed by atoms with E-state index >= 15 is 0 Å². The summed E-state index contributed by atoms with van der Waals surface area (Å²) in [5.41, 5.74) is 2.49. The van der Waals surface area contributed by atoms with Gasteiger partial charge >= 0.3 is 0 Å². The van der Waals surface area contributed by atoms with Gasteiger partial charge in [-0.1, -0.05) is 12.1 Å². The van der Waals surface area contributed by atoms with Gasteiger partial charge in [-0.3, -0.25) is 0 Å². The first kappa shape index (κ1) is 18.6. The van der Waals surface area contributed by atoms with E-state index in [1.165, 1.54) is 11.3 Å². The summed E-state index contributed by atoms with van der Waals surface area (Å²) in [6.45, 7) is 6.34. The summed E-state index contributed by atoms with van der Waals surface area (Å²) in [6, 6.07) is 9.22. The van der Waals surface area contributed by atoms with Gasteiger partial charge in [-0.25, -0.2) is 0 Å². The number of thioether (sulfide) groups is 1. The maximum atomic E-state index is 9.61. The van der Waals surface area contributed by atoms with Crippen molar-refractivity contribution >= 4 is 17.4 Å². The molecule has 1 aromatic carbocycles. The topological polar surface area (TPSA) is 55.7 Å². The molecule has 1 fully saturated rings. The normalized spacial score (nSPS) is 20.3. The van der Waals surface area contributed by atoms with Gasteiger partial charge in [0.1, 0.15) is 0 Å². The molecule has 5 heteroatoms. The van der Waals surface area contributed by atoms with Crippen LogP contribution in [-0.2, 0) is 0 Å². The zero-order valence-electron chi connectivity index (χ0n) is 14.4. The fourth-order valence-electron chi connectivity index (χ4n) is 3.13. The Morgan fingerprint density at radius 1 is 1.22 bits per heavy atom. The predicted octanol–water partition coefficient (Wildman–Crippen LogP) is 2.41. The maximum absolute atomic E-state index is 9.61. The molecular weight excluding hydrogens is 308 g/mol. The zero-order valence-corrected chi connectivity index (χ0v) is 15.2. The lowest BCUT2D eigenvalue weighted by molar-refractivity contribution is 0.145. The Morgan fingerprint density at radius 2 is 1.83 bits per heavy atom. The zero-order chi connectivity index (χ0) is 16.8. The lowest BCUT2D eigenvalue weighted by Gasteiger charge is -2.32. The van der Waals surface area contributed by atoms with E-state index in [0.717, 1.165) is 25.9 Å². The summed E-state index contributed by atoms with van der Waals surface area (Å²) in [5, 5.41) is 22.8. The summed E-state index contributed by atoms with van der Waals surface area (Å²) < 4.78 is 0. The smallest absolute Gasteiger partial charge is 0.0574 e. The highest BCUT2D eigenvalue weighted by Gasteiger charge is 2.19. The largest absolute Gasteiger partial charge is 0.395 e. The molecule has 0 aliphatic carbocycles. The molecular formula is C18H30N2O2S. The number of nitrogens with zero attached hydrogens (tertiary/aromatic N) is 1. The van der Waals surface area contributed by atoms with E-state index < -0.39 is 0 Å². The number of aliphatic hydroxyl groups is 2. The van der Waals surface area contributed by atoms with Crippen LogP contribution in [0.4, 0.5) is 5.69 Å². The van der Waals surface area contributed by atoms with Crippen LogP contribution in [0.1, 0.15) is 38.3 Å².